The highest BCUT2D eigenvalue weighted by atomic mass is 35.5. The van der Waals surface area contributed by atoms with Crippen LogP contribution in [-0.2, 0) is 20.9 Å². The van der Waals surface area contributed by atoms with E-state index >= 15 is 0 Å². The number of benzene rings is 3. The summed E-state index contributed by atoms with van der Waals surface area (Å²) in [6, 6.07) is 24.6. The molecule has 3 aromatic carbocycles. The summed E-state index contributed by atoms with van der Waals surface area (Å²) < 4.78 is 5.66. The molecule has 2 N–H and O–H groups in total. The Morgan fingerprint density at radius 2 is 1.69 bits per heavy atom. The summed E-state index contributed by atoms with van der Waals surface area (Å²) in [6.07, 6.45) is 0. The van der Waals surface area contributed by atoms with E-state index in [4.69, 9.17) is 16.3 Å². The molecule has 39 heavy (non-hydrogen) atoms. The SMILES string of the molecule is CC1=C(C(=O)OCc2ccccc2)[C@@H](c2ccc(Cl)cc2)C(C#N)=C(SCC(=O)Nc2cc(C)cc(C)c2)N1. The van der Waals surface area contributed by atoms with Gasteiger partial charge >= 0.3 is 5.97 Å². The Bertz CT molecular complexity index is 1470. The Morgan fingerprint density at radius 3 is 2.33 bits per heavy atom. The van der Waals surface area contributed by atoms with Crippen molar-refractivity contribution in [3.05, 3.63) is 122 Å². The molecule has 198 valence electrons. The maximum absolute atomic E-state index is 13.4. The zero-order valence-corrected chi connectivity index (χ0v) is 23.5. The summed E-state index contributed by atoms with van der Waals surface area (Å²) in [5.74, 6) is -1.32. The van der Waals surface area contributed by atoms with Crippen LogP contribution in [0.5, 0.6) is 0 Å². The number of hydrogen-bond acceptors (Lipinski definition) is 6. The van der Waals surface area contributed by atoms with Gasteiger partial charge < -0.3 is 15.4 Å². The van der Waals surface area contributed by atoms with Crippen LogP contribution >= 0.6 is 23.4 Å². The van der Waals surface area contributed by atoms with E-state index in [1.807, 2.05) is 62.4 Å². The first-order chi connectivity index (χ1) is 18.7. The van der Waals surface area contributed by atoms with Crippen LogP contribution in [0.25, 0.3) is 0 Å². The number of rotatable bonds is 8. The van der Waals surface area contributed by atoms with Crippen molar-refractivity contribution < 1.29 is 14.3 Å². The number of ether oxygens (including phenoxy) is 1. The number of halogens is 1. The maximum atomic E-state index is 13.4. The standard InChI is InChI=1S/C31H28ClN3O3S/c1-19-13-20(2)15-25(14-19)35-27(36)18-39-30-26(16-33)29(23-9-11-24(32)12-10-23)28(21(3)34-30)31(37)38-17-22-7-5-4-6-8-22/h4-15,29,34H,17-18H2,1-3H3,(H,35,36)/t29-/m0/s1. The molecule has 0 bridgehead atoms. The number of amides is 1. The predicted molar refractivity (Wildman–Crippen MR) is 156 cm³/mol. The molecule has 1 aliphatic rings. The first kappa shape index (κ1) is 28.0. The van der Waals surface area contributed by atoms with E-state index in [0.717, 1.165) is 27.9 Å². The fraction of sp³-hybridized carbons (Fsp3) is 0.194. The highest BCUT2D eigenvalue weighted by Crippen LogP contribution is 2.41. The number of anilines is 1. The number of esters is 1. The highest BCUT2D eigenvalue weighted by molar-refractivity contribution is 8.03. The number of dihydropyridines is 1. The summed E-state index contributed by atoms with van der Waals surface area (Å²) in [4.78, 5) is 26.1. The molecule has 4 rings (SSSR count). The van der Waals surface area contributed by atoms with Gasteiger partial charge in [0.2, 0.25) is 5.91 Å². The molecule has 1 atom stereocenters. The molecular formula is C31H28ClN3O3S. The number of thioether (sulfide) groups is 1. The average molecular weight is 558 g/mol. The maximum Gasteiger partial charge on any atom is 0.337 e. The third-order valence-corrected chi connectivity index (χ3v) is 7.41. The second-order valence-corrected chi connectivity index (χ2v) is 10.7. The molecule has 0 aliphatic carbocycles. The van der Waals surface area contributed by atoms with Gasteiger partial charge in [0.1, 0.15) is 6.61 Å². The lowest BCUT2D eigenvalue weighted by molar-refractivity contribution is -0.140. The Labute approximate surface area is 237 Å². The summed E-state index contributed by atoms with van der Waals surface area (Å²) in [7, 11) is 0. The van der Waals surface area contributed by atoms with Gasteiger partial charge in [-0.05, 0) is 67.3 Å². The minimum atomic E-state index is -0.679. The molecule has 1 amide bonds. The summed E-state index contributed by atoms with van der Waals surface area (Å²) in [5, 5.41) is 17.4. The molecule has 0 unspecified atom stereocenters. The minimum Gasteiger partial charge on any atom is -0.457 e. The summed E-state index contributed by atoms with van der Waals surface area (Å²) in [5.41, 5.74) is 5.65. The van der Waals surface area contributed by atoms with Crippen LogP contribution in [0.1, 0.15) is 35.1 Å². The van der Waals surface area contributed by atoms with Crippen molar-refractivity contribution in [2.45, 2.75) is 33.3 Å². The third-order valence-electron chi connectivity index (χ3n) is 6.14. The molecule has 0 radical (unpaired) electrons. The average Bonchev–Trinajstić information content (AvgIpc) is 2.90. The van der Waals surface area contributed by atoms with Gasteiger partial charge in [-0.25, -0.2) is 4.79 Å². The summed E-state index contributed by atoms with van der Waals surface area (Å²) in [6.45, 7) is 5.82. The fourth-order valence-electron chi connectivity index (χ4n) is 4.47. The zero-order chi connectivity index (χ0) is 27.9. The van der Waals surface area contributed by atoms with Crippen molar-refractivity contribution >= 4 is 40.9 Å². The van der Waals surface area contributed by atoms with Gasteiger partial charge in [0.15, 0.2) is 0 Å². The number of hydrogen-bond donors (Lipinski definition) is 2. The number of nitrogens with zero attached hydrogens (tertiary/aromatic N) is 1. The van der Waals surface area contributed by atoms with Crippen LogP contribution in [0.2, 0.25) is 5.02 Å². The van der Waals surface area contributed by atoms with E-state index in [-0.39, 0.29) is 18.3 Å². The van der Waals surface area contributed by atoms with Crippen molar-refractivity contribution in [2.24, 2.45) is 0 Å². The van der Waals surface area contributed by atoms with Crippen molar-refractivity contribution in [3.63, 3.8) is 0 Å². The Kier molecular flexibility index (Phi) is 9.13. The number of nitrogens with one attached hydrogen (secondary N) is 2. The van der Waals surface area contributed by atoms with Gasteiger partial charge in [-0.1, -0.05) is 71.9 Å². The molecule has 6 nitrogen and oxygen atoms in total. The van der Waals surface area contributed by atoms with E-state index in [1.54, 1.807) is 31.2 Å². The van der Waals surface area contributed by atoms with Gasteiger partial charge in [0.05, 0.1) is 33.9 Å². The van der Waals surface area contributed by atoms with E-state index in [1.165, 1.54) is 11.8 Å². The largest absolute Gasteiger partial charge is 0.457 e. The molecule has 0 saturated heterocycles. The number of nitriles is 1. The van der Waals surface area contributed by atoms with Crippen LogP contribution in [0.4, 0.5) is 5.69 Å². The van der Waals surface area contributed by atoms with Crippen molar-refractivity contribution in [1.82, 2.24) is 5.32 Å². The number of carbonyl (C=O) groups excluding carboxylic acids is 2. The second-order valence-electron chi connectivity index (χ2n) is 9.28. The molecule has 3 aromatic rings. The predicted octanol–water partition coefficient (Wildman–Crippen LogP) is 6.77. The van der Waals surface area contributed by atoms with Gasteiger partial charge in [-0.15, -0.1) is 0 Å². The monoisotopic (exact) mass is 557 g/mol. The lowest BCUT2D eigenvalue weighted by Crippen LogP contribution is -2.29. The minimum absolute atomic E-state index is 0.0783. The molecule has 0 spiro atoms. The Hall–Kier alpha value is -3.99. The van der Waals surface area contributed by atoms with Gasteiger partial charge in [0, 0.05) is 16.4 Å². The lowest BCUT2D eigenvalue weighted by Gasteiger charge is -2.29. The summed E-state index contributed by atoms with van der Waals surface area (Å²) >= 11 is 7.34. The van der Waals surface area contributed by atoms with Gasteiger partial charge in [-0.2, -0.15) is 5.26 Å². The van der Waals surface area contributed by atoms with Gasteiger partial charge in [0.25, 0.3) is 0 Å². The second kappa shape index (κ2) is 12.7. The first-order valence-electron chi connectivity index (χ1n) is 12.3. The zero-order valence-electron chi connectivity index (χ0n) is 21.9. The first-order valence-corrected chi connectivity index (χ1v) is 13.7. The van der Waals surface area contributed by atoms with Crippen molar-refractivity contribution in [3.8, 4) is 6.07 Å². The number of allylic oxidation sites excluding steroid dienone is 2. The lowest BCUT2D eigenvalue weighted by atomic mass is 9.82. The van der Waals surface area contributed by atoms with Crippen molar-refractivity contribution in [1.29, 1.82) is 5.26 Å². The van der Waals surface area contributed by atoms with Crippen LogP contribution < -0.4 is 10.6 Å². The van der Waals surface area contributed by atoms with Crippen LogP contribution in [0, 0.1) is 25.2 Å². The fourth-order valence-corrected chi connectivity index (χ4v) is 5.49. The smallest absolute Gasteiger partial charge is 0.337 e. The third kappa shape index (κ3) is 7.11. The molecule has 1 aliphatic heterocycles. The molecule has 0 saturated carbocycles. The highest BCUT2D eigenvalue weighted by Gasteiger charge is 2.35. The van der Waals surface area contributed by atoms with E-state index in [0.29, 0.717) is 26.9 Å². The van der Waals surface area contributed by atoms with E-state index in [9.17, 15) is 14.9 Å². The normalized spacial score (nSPS) is 14.9. The number of aryl methyl sites for hydroxylation is 2. The van der Waals surface area contributed by atoms with Crippen LogP contribution in [0.3, 0.4) is 0 Å². The quantitative estimate of drug-likeness (QED) is 0.297. The Balaban J connectivity index is 1.59. The molecule has 0 aromatic heterocycles. The van der Waals surface area contributed by atoms with E-state index < -0.39 is 11.9 Å². The molecule has 8 heteroatoms. The molecular weight excluding hydrogens is 530 g/mol. The molecule has 1 heterocycles. The van der Waals surface area contributed by atoms with Crippen LogP contribution in [0.15, 0.2) is 94.7 Å². The molecule has 0 fully saturated rings. The Morgan fingerprint density at radius 1 is 1.03 bits per heavy atom. The topological polar surface area (TPSA) is 91.2 Å². The number of carbonyl (C=O) groups is 2. The van der Waals surface area contributed by atoms with Gasteiger partial charge in [-0.3, -0.25) is 4.79 Å². The van der Waals surface area contributed by atoms with E-state index in [2.05, 4.69) is 16.7 Å². The van der Waals surface area contributed by atoms with Crippen molar-refractivity contribution in [2.75, 3.05) is 11.1 Å². The van der Waals surface area contributed by atoms with Crippen LogP contribution in [-0.4, -0.2) is 17.6 Å².